The quantitative estimate of drug-likeness (QED) is 0.645. The van der Waals surface area contributed by atoms with Gasteiger partial charge in [0.15, 0.2) is 5.78 Å². The summed E-state index contributed by atoms with van der Waals surface area (Å²) in [5.41, 5.74) is 1.92. The number of nitrogens with one attached hydrogen (secondary N) is 1. The Bertz CT molecular complexity index is 432. The molecule has 1 N–H and O–H groups in total. The minimum atomic E-state index is -0.254. The molecule has 1 unspecified atom stereocenters. The molecule has 1 aromatic rings. The lowest BCUT2D eigenvalue weighted by Crippen LogP contribution is -2.18. The maximum absolute atomic E-state index is 11.7. The first-order valence-corrected chi connectivity index (χ1v) is 7.17. The number of hydrogen-bond acceptors (Lipinski definition) is 2. The lowest BCUT2D eigenvalue weighted by atomic mass is 9.97. The number of anilines is 1. The van der Waals surface area contributed by atoms with Crippen LogP contribution in [0.1, 0.15) is 38.2 Å². The fraction of sp³-hybridized carbons (Fsp3) is 0.429. The van der Waals surface area contributed by atoms with Crippen molar-refractivity contribution in [2.45, 2.75) is 32.6 Å². The summed E-state index contributed by atoms with van der Waals surface area (Å²) >= 11 is 3.05. The maximum Gasteiger partial charge on any atom is 0.231 e. The molecule has 0 spiro atoms. The summed E-state index contributed by atoms with van der Waals surface area (Å²) in [6.07, 6.45) is 0.924. The van der Waals surface area contributed by atoms with E-state index >= 15 is 0 Å². The number of benzene rings is 1. The highest BCUT2D eigenvalue weighted by Gasteiger charge is 2.12. The summed E-state index contributed by atoms with van der Waals surface area (Å²) in [4.78, 5) is 22.9. The van der Waals surface area contributed by atoms with Crippen LogP contribution in [-0.4, -0.2) is 17.0 Å². The van der Waals surface area contributed by atoms with Crippen molar-refractivity contribution in [2.75, 3.05) is 10.6 Å². The molecule has 0 radical (unpaired) electrons. The molecule has 0 fully saturated rings. The summed E-state index contributed by atoms with van der Waals surface area (Å²) in [6, 6.07) is 7.72. The number of Topliss-reactive ketones (excluding diaryl/α,β-unsaturated/α-hetero) is 1. The van der Waals surface area contributed by atoms with Gasteiger partial charge in [-0.05, 0) is 24.0 Å². The van der Waals surface area contributed by atoms with Crippen LogP contribution < -0.4 is 5.32 Å². The third-order valence-corrected chi connectivity index (χ3v) is 3.51. The molecule has 0 aliphatic carbocycles. The maximum atomic E-state index is 11.7. The summed E-state index contributed by atoms with van der Waals surface area (Å²) in [5.74, 6) is 0.0112. The lowest BCUT2D eigenvalue weighted by molar-refractivity contribution is -0.123. The molecule has 18 heavy (non-hydrogen) atoms. The summed E-state index contributed by atoms with van der Waals surface area (Å²) in [5, 5.41) is 3.03. The Morgan fingerprint density at radius 3 is 2.61 bits per heavy atom. The van der Waals surface area contributed by atoms with Gasteiger partial charge >= 0.3 is 0 Å². The van der Waals surface area contributed by atoms with E-state index in [4.69, 9.17) is 0 Å². The van der Waals surface area contributed by atoms with Gasteiger partial charge in [-0.15, -0.1) is 0 Å². The standard InChI is InChI=1S/C14H18BrNO2/c1-3-10(2)12-6-4-5-7-13(12)16-14(18)8-11(17)9-15/h4-7,10H,3,8-9H2,1-2H3,(H,16,18). The number of hydrogen-bond donors (Lipinski definition) is 1. The number of alkyl halides is 1. The molecule has 1 rings (SSSR count). The normalized spacial score (nSPS) is 11.9. The first kappa shape index (κ1) is 14.9. The van der Waals surface area contributed by atoms with E-state index in [1.54, 1.807) is 0 Å². The third kappa shape index (κ3) is 4.26. The molecule has 98 valence electrons. The van der Waals surface area contributed by atoms with Crippen molar-refractivity contribution in [3.05, 3.63) is 29.8 Å². The monoisotopic (exact) mass is 311 g/mol. The molecule has 1 amide bonds. The van der Waals surface area contributed by atoms with Gasteiger partial charge in [-0.1, -0.05) is 48.0 Å². The molecule has 0 heterocycles. The fourth-order valence-electron chi connectivity index (χ4n) is 1.68. The van der Waals surface area contributed by atoms with Crippen LogP contribution in [0.25, 0.3) is 0 Å². The molecule has 0 aliphatic heterocycles. The Labute approximate surface area is 116 Å². The molecule has 3 nitrogen and oxygen atoms in total. The van der Waals surface area contributed by atoms with Crippen LogP contribution in [-0.2, 0) is 9.59 Å². The average Bonchev–Trinajstić information content (AvgIpc) is 2.38. The van der Waals surface area contributed by atoms with E-state index in [-0.39, 0.29) is 23.4 Å². The van der Waals surface area contributed by atoms with Crippen LogP contribution in [0.3, 0.4) is 0 Å². The first-order valence-electron chi connectivity index (χ1n) is 6.04. The highest BCUT2D eigenvalue weighted by atomic mass is 79.9. The number of para-hydroxylation sites is 1. The van der Waals surface area contributed by atoms with Crippen LogP contribution in [0.4, 0.5) is 5.69 Å². The van der Waals surface area contributed by atoms with Crippen molar-refractivity contribution in [1.29, 1.82) is 0 Å². The number of carbonyl (C=O) groups excluding carboxylic acids is 2. The average molecular weight is 312 g/mol. The number of halogens is 1. The van der Waals surface area contributed by atoms with E-state index in [1.165, 1.54) is 0 Å². The molecule has 4 heteroatoms. The number of rotatable bonds is 6. The van der Waals surface area contributed by atoms with E-state index in [1.807, 2.05) is 24.3 Å². The van der Waals surface area contributed by atoms with Crippen molar-refractivity contribution in [2.24, 2.45) is 0 Å². The van der Waals surface area contributed by atoms with Gasteiger partial charge in [0, 0.05) is 5.69 Å². The van der Waals surface area contributed by atoms with Crippen molar-refractivity contribution in [3.63, 3.8) is 0 Å². The SMILES string of the molecule is CCC(C)c1ccccc1NC(=O)CC(=O)CBr. The molecule has 0 bridgehead atoms. The van der Waals surface area contributed by atoms with Crippen molar-refractivity contribution in [1.82, 2.24) is 0 Å². The second kappa shape index (κ2) is 7.31. The van der Waals surface area contributed by atoms with Gasteiger partial charge in [-0.3, -0.25) is 9.59 Å². The predicted octanol–water partition coefficient (Wildman–Crippen LogP) is 3.49. The van der Waals surface area contributed by atoms with Gasteiger partial charge in [0.05, 0.1) is 11.8 Å². The molecule has 1 aromatic carbocycles. The van der Waals surface area contributed by atoms with Gasteiger partial charge in [-0.25, -0.2) is 0 Å². The molecule has 0 aromatic heterocycles. The largest absolute Gasteiger partial charge is 0.325 e. The van der Waals surface area contributed by atoms with Gasteiger partial charge < -0.3 is 5.32 Å². The summed E-state index contributed by atoms with van der Waals surface area (Å²) in [6.45, 7) is 4.23. The Kier molecular flexibility index (Phi) is 6.05. The summed E-state index contributed by atoms with van der Waals surface area (Å²) in [7, 11) is 0. The zero-order chi connectivity index (χ0) is 13.5. The van der Waals surface area contributed by atoms with Crippen molar-refractivity contribution >= 4 is 33.3 Å². The van der Waals surface area contributed by atoms with E-state index in [0.29, 0.717) is 5.92 Å². The van der Waals surface area contributed by atoms with Gasteiger partial charge in [0.25, 0.3) is 0 Å². The molecule has 0 aliphatic rings. The predicted molar refractivity (Wildman–Crippen MR) is 77.2 cm³/mol. The fourth-order valence-corrected chi connectivity index (χ4v) is 1.88. The van der Waals surface area contributed by atoms with Crippen LogP contribution >= 0.6 is 15.9 Å². The Morgan fingerprint density at radius 1 is 1.33 bits per heavy atom. The van der Waals surface area contributed by atoms with Gasteiger partial charge in [0.1, 0.15) is 0 Å². The van der Waals surface area contributed by atoms with E-state index < -0.39 is 0 Å². The number of carbonyl (C=O) groups is 2. The summed E-state index contributed by atoms with van der Waals surface area (Å²) < 4.78 is 0. The lowest BCUT2D eigenvalue weighted by Gasteiger charge is -2.15. The van der Waals surface area contributed by atoms with Crippen molar-refractivity contribution < 1.29 is 9.59 Å². The topological polar surface area (TPSA) is 46.2 Å². The van der Waals surface area contributed by atoms with Crippen LogP contribution in [0.5, 0.6) is 0 Å². The Morgan fingerprint density at radius 2 is 2.00 bits per heavy atom. The smallest absolute Gasteiger partial charge is 0.231 e. The zero-order valence-electron chi connectivity index (χ0n) is 10.7. The number of amides is 1. The number of ketones is 1. The Balaban J connectivity index is 2.78. The van der Waals surface area contributed by atoms with Gasteiger partial charge in [-0.2, -0.15) is 0 Å². The zero-order valence-corrected chi connectivity index (χ0v) is 12.3. The molecular formula is C14H18BrNO2. The van der Waals surface area contributed by atoms with E-state index in [2.05, 4.69) is 35.1 Å². The van der Waals surface area contributed by atoms with Crippen LogP contribution in [0.15, 0.2) is 24.3 Å². The van der Waals surface area contributed by atoms with E-state index in [9.17, 15) is 9.59 Å². The van der Waals surface area contributed by atoms with Gasteiger partial charge in [0.2, 0.25) is 5.91 Å². The highest BCUT2D eigenvalue weighted by molar-refractivity contribution is 9.09. The second-order valence-corrected chi connectivity index (χ2v) is 4.85. The van der Waals surface area contributed by atoms with Crippen LogP contribution in [0.2, 0.25) is 0 Å². The molecular weight excluding hydrogens is 294 g/mol. The minimum Gasteiger partial charge on any atom is -0.325 e. The van der Waals surface area contributed by atoms with Crippen molar-refractivity contribution in [3.8, 4) is 0 Å². The molecule has 1 atom stereocenters. The Hall–Kier alpha value is -1.16. The first-order chi connectivity index (χ1) is 8.58. The molecule has 0 saturated carbocycles. The second-order valence-electron chi connectivity index (χ2n) is 4.29. The van der Waals surface area contributed by atoms with Crippen LogP contribution in [0, 0.1) is 0 Å². The third-order valence-electron chi connectivity index (χ3n) is 2.88. The highest BCUT2D eigenvalue weighted by Crippen LogP contribution is 2.26. The molecule has 0 saturated heterocycles. The minimum absolute atomic E-state index is 0.0832. The van der Waals surface area contributed by atoms with E-state index in [0.717, 1.165) is 17.7 Å².